The van der Waals surface area contributed by atoms with Gasteiger partial charge in [-0.1, -0.05) is 104 Å². The highest BCUT2D eigenvalue weighted by molar-refractivity contribution is 5.23. The normalized spacial score (nSPS) is 12.1. The maximum Gasteiger partial charge on any atom is 0.0471 e. The fourth-order valence-electron chi connectivity index (χ4n) is 3.72. The summed E-state index contributed by atoms with van der Waals surface area (Å²) in [6.45, 7) is 13.3. The van der Waals surface area contributed by atoms with E-state index >= 15 is 0 Å². The number of aryl methyl sites for hydroxylation is 2. The van der Waals surface area contributed by atoms with Crippen LogP contribution in [0.25, 0.3) is 0 Å². The molecule has 1 rings (SSSR count). The van der Waals surface area contributed by atoms with Crippen LogP contribution in [0.15, 0.2) is 24.3 Å². The Morgan fingerprint density at radius 1 is 0.724 bits per heavy atom. The molecule has 168 valence electrons. The molecule has 0 atom stereocenters. The fraction of sp³-hybridized carbons (Fsp3) is 0.786. The molecule has 0 saturated carbocycles. The Morgan fingerprint density at radius 3 is 1.86 bits per heavy atom. The molecule has 0 aromatic heterocycles. The van der Waals surface area contributed by atoms with Crippen LogP contribution in [0.3, 0.4) is 0 Å². The van der Waals surface area contributed by atoms with Gasteiger partial charge in [0.15, 0.2) is 0 Å². The first-order valence-electron chi connectivity index (χ1n) is 12.5. The van der Waals surface area contributed by atoms with E-state index in [1.807, 2.05) is 0 Å². The Kier molecular flexibility index (Phi) is 14.4. The Labute approximate surface area is 183 Å². The van der Waals surface area contributed by atoms with Gasteiger partial charge in [-0.05, 0) is 61.0 Å². The van der Waals surface area contributed by atoms with Crippen molar-refractivity contribution in [2.75, 3.05) is 13.2 Å². The summed E-state index contributed by atoms with van der Waals surface area (Å²) in [4.78, 5) is 0. The lowest BCUT2D eigenvalue weighted by Crippen LogP contribution is -2.10. The number of hydrogen-bond donors (Lipinski definition) is 0. The molecule has 0 unspecified atom stereocenters. The topological polar surface area (TPSA) is 9.23 Å². The number of unbranched alkanes of at least 4 members (excludes halogenated alkanes) is 7. The van der Waals surface area contributed by atoms with Gasteiger partial charge in [0.2, 0.25) is 0 Å². The molecule has 29 heavy (non-hydrogen) atoms. The largest absolute Gasteiger partial charge is 0.381 e. The Bertz CT molecular complexity index is 497. The first-order chi connectivity index (χ1) is 13.9. The molecule has 0 saturated heterocycles. The van der Waals surface area contributed by atoms with E-state index in [4.69, 9.17) is 4.74 Å². The minimum atomic E-state index is 0.387. The Hall–Kier alpha value is -0.820. The zero-order chi connectivity index (χ0) is 21.4. The van der Waals surface area contributed by atoms with Crippen molar-refractivity contribution in [1.29, 1.82) is 0 Å². The van der Waals surface area contributed by atoms with Crippen LogP contribution in [-0.4, -0.2) is 13.2 Å². The van der Waals surface area contributed by atoms with E-state index in [1.165, 1.54) is 88.2 Å². The molecule has 0 aliphatic heterocycles. The van der Waals surface area contributed by atoms with Crippen LogP contribution in [0.1, 0.15) is 116 Å². The Balaban J connectivity index is 2.03. The van der Waals surface area contributed by atoms with Crippen molar-refractivity contribution in [3.8, 4) is 0 Å². The maximum absolute atomic E-state index is 5.78. The first-order valence-corrected chi connectivity index (χ1v) is 12.5. The highest BCUT2D eigenvalue weighted by Gasteiger charge is 2.08. The lowest BCUT2D eigenvalue weighted by molar-refractivity contribution is 0.105. The van der Waals surface area contributed by atoms with Gasteiger partial charge in [-0.2, -0.15) is 0 Å². The van der Waals surface area contributed by atoms with Crippen molar-refractivity contribution < 1.29 is 4.74 Å². The maximum atomic E-state index is 5.78. The average Bonchev–Trinajstić information content (AvgIpc) is 2.65. The van der Waals surface area contributed by atoms with Crippen LogP contribution in [0.2, 0.25) is 0 Å². The van der Waals surface area contributed by atoms with Gasteiger partial charge in [-0.25, -0.2) is 0 Å². The van der Waals surface area contributed by atoms with E-state index in [-0.39, 0.29) is 0 Å². The van der Waals surface area contributed by atoms with Crippen molar-refractivity contribution in [3.63, 3.8) is 0 Å². The monoisotopic (exact) mass is 402 g/mol. The third-order valence-electron chi connectivity index (χ3n) is 5.74. The van der Waals surface area contributed by atoms with Crippen LogP contribution in [0.4, 0.5) is 0 Å². The summed E-state index contributed by atoms with van der Waals surface area (Å²) >= 11 is 0. The summed E-state index contributed by atoms with van der Waals surface area (Å²) in [7, 11) is 0. The molecule has 1 aromatic carbocycles. The third-order valence-corrected chi connectivity index (χ3v) is 5.74. The number of hydrogen-bond acceptors (Lipinski definition) is 1. The van der Waals surface area contributed by atoms with Crippen molar-refractivity contribution in [2.24, 2.45) is 11.3 Å². The van der Waals surface area contributed by atoms with Crippen molar-refractivity contribution in [3.05, 3.63) is 35.4 Å². The molecule has 1 heteroatoms. The third kappa shape index (κ3) is 16.6. The van der Waals surface area contributed by atoms with Gasteiger partial charge in [-0.3, -0.25) is 0 Å². The summed E-state index contributed by atoms with van der Waals surface area (Å²) in [5, 5.41) is 0. The van der Waals surface area contributed by atoms with Gasteiger partial charge < -0.3 is 4.74 Å². The van der Waals surface area contributed by atoms with E-state index in [0.717, 1.165) is 25.6 Å². The van der Waals surface area contributed by atoms with Crippen LogP contribution < -0.4 is 0 Å². The SMILES string of the molecule is CC(C)CCCCCCCCc1cccc(CCCCCOCCC(C)(C)C)c1. The van der Waals surface area contributed by atoms with E-state index in [0.29, 0.717) is 5.41 Å². The van der Waals surface area contributed by atoms with E-state index < -0.39 is 0 Å². The second-order valence-corrected chi connectivity index (χ2v) is 10.6. The lowest BCUT2D eigenvalue weighted by Gasteiger charge is -2.17. The second kappa shape index (κ2) is 15.9. The highest BCUT2D eigenvalue weighted by Crippen LogP contribution is 2.18. The molecule has 0 heterocycles. The summed E-state index contributed by atoms with van der Waals surface area (Å²) < 4.78 is 5.78. The molecular weight excluding hydrogens is 352 g/mol. The minimum Gasteiger partial charge on any atom is -0.381 e. The molecule has 0 radical (unpaired) electrons. The lowest BCUT2D eigenvalue weighted by atomic mass is 9.93. The van der Waals surface area contributed by atoms with E-state index in [2.05, 4.69) is 58.9 Å². The molecule has 0 aliphatic carbocycles. The van der Waals surface area contributed by atoms with Gasteiger partial charge in [0, 0.05) is 13.2 Å². The predicted octanol–water partition coefficient (Wildman–Crippen LogP) is 8.78. The predicted molar refractivity (Wildman–Crippen MR) is 130 cm³/mol. The summed E-state index contributed by atoms with van der Waals surface area (Å²) in [5.74, 6) is 0.869. The first kappa shape index (κ1) is 26.2. The number of benzene rings is 1. The standard InChI is InChI=1S/C28H50O/c1-25(2)16-11-8-6-7-9-12-17-26-19-15-20-27(24-26)18-13-10-14-22-29-23-21-28(3,4)5/h15,19-20,24-25H,6-14,16-18,21-23H2,1-5H3. The number of ether oxygens (including phenoxy) is 1. The molecule has 0 aliphatic rings. The smallest absolute Gasteiger partial charge is 0.0471 e. The molecule has 1 aromatic rings. The van der Waals surface area contributed by atoms with Gasteiger partial charge in [0.25, 0.3) is 0 Å². The molecular formula is C28H50O. The second-order valence-electron chi connectivity index (χ2n) is 10.6. The quantitative estimate of drug-likeness (QED) is 0.237. The molecule has 0 amide bonds. The molecule has 0 bridgehead atoms. The van der Waals surface area contributed by atoms with Gasteiger partial charge in [-0.15, -0.1) is 0 Å². The summed E-state index contributed by atoms with van der Waals surface area (Å²) in [6, 6.07) is 9.32. The minimum absolute atomic E-state index is 0.387. The van der Waals surface area contributed by atoms with Gasteiger partial charge in [0.05, 0.1) is 0 Å². The van der Waals surface area contributed by atoms with Gasteiger partial charge >= 0.3 is 0 Å². The van der Waals surface area contributed by atoms with E-state index in [1.54, 1.807) is 0 Å². The van der Waals surface area contributed by atoms with Crippen LogP contribution in [0, 0.1) is 11.3 Å². The molecule has 0 N–H and O–H groups in total. The highest BCUT2D eigenvalue weighted by atomic mass is 16.5. The van der Waals surface area contributed by atoms with Crippen molar-refractivity contribution >= 4 is 0 Å². The number of rotatable bonds is 17. The molecule has 0 fully saturated rings. The van der Waals surface area contributed by atoms with Crippen molar-refractivity contribution in [1.82, 2.24) is 0 Å². The Morgan fingerprint density at radius 2 is 1.28 bits per heavy atom. The summed E-state index contributed by atoms with van der Waals surface area (Å²) in [5.41, 5.74) is 3.44. The summed E-state index contributed by atoms with van der Waals surface area (Å²) in [6.07, 6.45) is 17.2. The molecule has 1 nitrogen and oxygen atoms in total. The van der Waals surface area contributed by atoms with Gasteiger partial charge in [0.1, 0.15) is 0 Å². The zero-order valence-corrected chi connectivity index (χ0v) is 20.4. The molecule has 0 spiro atoms. The van der Waals surface area contributed by atoms with E-state index in [9.17, 15) is 0 Å². The average molecular weight is 403 g/mol. The fourth-order valence-corrected chi connectivity index (χ4v) is 3.72. The van der Waals surface area contributed by atoms with Crippen molar-refractivity contribution in [2.45, 2.75) is 118 Å². The van der Waals surface area contributed by atoms with Crippen LogP contribution in [0.5, 0.6) is 0 Å². The van der Waals surface area contributed by atoms with Crippen LogP contribution >= 0.6 is 0 Å². The zero-order valence-electron chi connectivity index (χ0n) is 20.4. The van der Waals surface area contributed by atoms with Crippen LogP contribution in [-0.2, 0) is 17.6 Å².